The van der Waals surface area contributed by atoms with Gasteiger partial charge in [-0.15, -0.1) is 11.3 Å². The standard InChI is InChI=1S/C10H13N3OS/c1-10(2,3)6-4-5-7(15-6)8(14)13-9(11)12-5/h4H,1-3H3,(H3,11,12,13,14). The molecule has 15 heavy (non-hydrogen) atoms. The first-order chi connectivity index (χ1) is 6.88. The van der Waals surface area contributed by atoms with Crippen LogP contribution in [0.2, 0.25) is 0 Å². The molecule has 0 fully saturated rings. The monoisotopic (exact) mass is 223 g/mol. The first kappa shape index (κ1) is 10.2. The average molecular weight is 223 g/mol. The van der Waals surface area contributed by atoms with Crippen LogP contribution in [0.3, 0.4) is 0 Å². The van der Waals surface area contributed by atoms with Crippen LogP contribution in [-0.2, 0) is 5.41 Å². The summed E-state index contributed by atoms with van der Waals surface area (Å²) in [5.41, 5.74) is 6.05. The highest BCUT2D eigenvalue weighted by atomic mass is 32.1. The number of H-pyrrole nitrogens is 1. The molecule has 4 nitrogen and oxygen atoms in total. The zero-order valence-electron chi connectivity index (χ0n) is 8.92. The van der Waals surface area contributed by atoms with Crippen molar-refractivity contribution in [2.24, 2.45) is 0 Å². The van der Waals surface area contributed by atoms with Gasteiger partial charge in [-0.05, 0) is 11.5 Å². The number of aromatic nitrogens is 2. The van der Waals surface area contributed by atoms with E-state index in [1.165, 1.54) is 11.3 Å². The summed E-state index contributed by atoms with van der Waals surface area (Å²) in [6.45, 7) is 6.32. The molecule has 0 amide bonds. The number of hydrogen-bond donors (Lipinski definition) is 2. The van der Waals surface area contributed by atoms with Crippen LogP contribution in [0.25, 0.3) is 10.2 Å². The number of fused-ring (bicyclic) bond motifs is 1. The van der Waals surface area contributed by atoms with Crippen LogP contribution in [0, 0.1) is 0 Å². The third kappa shape index (κ3) is 1.74. The summed E-state index contributed by atoms with van der Waals surface area (Å²) < 4.78 is 0.647. The molecule has 0 aliphatic carbocycles. The minimum Gasteiger partial charge on any atom is -0.369 e. The Morgan fingerprint density at radius 2 is 2.13 bits per heavy atom. The van der Waals surface area contributed by atoms with E-state index in [9.17, 15) is 4.79 Å². The van der Waals surface area contributed by atoms with Gasteiger partial charge in [0.2, 0.25) is 5.95 Å². The second-order valence-corrected chi connectivity index (χ2v) is 5.58. The number of aromatic amines is 1. The predicted molar refractivity (Wildman–Crippen MR) is 63.4 cm³/mol. The van der Waals surface area contributed by atoms with Crippen molar-refractivity contribution in [3.8, 4) is 0 Å². The van der Waals surface area contributed by atoms with Gasteiger partial charge >= 0.3 is 0 Å². The molecule has 2 rings (SSSR count). The molecule has 0 bridgehead atoms. The van der Waals surface area contributed by atoms with E-state index >= 15 is 0 Å². The summed E-state index contributed by atoms with van der Waals surface area (Å²) in [6, 6.07) is 1.94. The lowest BCUT2D eigenvalue weighted by Gasteiger charge is -2.14. The number of hydrogen-bond acceptors (Lipinski definition) is 4. The Labute approximate surface area is 91.2 Å². The van der Waals surface area contributed by atoms with E-state index in [1.807, 2.05) is 6.07 Å². The fourth-order valence-electron chi connectivity index (χ4n) is 1.33. The molecule has 0 atom stereocenters. The van der Waals surface area contributed by atoms with Gasteiger partial charge in [-0.2, -0.15) is 0 Å². The van der Waals surface area contributed by atoms with Crippen molar-refractivity contribution < 1.29 is 0 Å². The molecule has 3 N–H and O–H groups in total. The van der Waals surface area contributed by atoms with Crippen LogP contribution in [-0.4, -0.2) is 9.97 Å². The van der Waals surface area contributed by atoms with E-state index in [-0.39, 0.29) is 16.9 Å². The molecular formula is C10H13N3OS. The van der Waals surface area contributed by atoms with Gasteiger partial charge in [-0.3, -0.25) is 9.78 Å². The van der Waals surface area contributed by atoms with Crippen LogP contribution < -0.4 is 11.3 Å². The molecule has 0 unspecified atom stereocenters. The minimum atomic E-state index is -0.155. The molecule has 0 aliphatic heterocycles. The fourth-order valence-corrected chi connectivity index (χ4v) is 2.38. The Hall–Kier alpha value is -1.36. The van der Waals surface area contributed by atoms with Gasteiger partial charge in [0.25, 0.3) is 5.56 Å². The summed E-state index contributed by atoms with van der Waals surface area (Å²) in [5, 5.41) is 0. The predicted octanol–water partition coefficient (Wildman–Crippen LogP) is 1.86. The van der Waals surface area contributed by atoms with E-state index in [0.29, 0.717) is 10.2 Å². The molecular weight excluding hydrogens is 210 g/mol. The topological polar surface area (TPSA) is 71.8 Å². The first-order valence-corrected chi connectivity index (χ1v) is 5.49. The lowest BCUT2D eigenvalue weighted by Crippen LogP contribution is -2.09. The SMILES string of the molecule is CC(C)(C)c1cc2nc(N)[nH]c(=O)c2s1. The number of nitrogens with one attached hydrogen (secondary N) is 1. The number of nitrogens with zero attached hydrogens (tertiary/aromatic N) is 1. The zero-order chi connectivity index (χ0) is 11.2. The Balaban J connectivity index is 2.77. The van der Waals surface area contributed by atoms with Crippen LogP contribution in [0.15, 0.2) is 10.9 Å². The molecule has 0 saturated carbocycles. The molecule has 0 spiro atoms. The smallest absolute Gasteiger partial charge is 0.270 e. The normalized spacial score (nSPS) is 12.2. The summed E-state index contributed by atoms with van der Waals surface area (Å²) in [6.07, 6.45) is 0. The van der Waals surface area contributed by atoms with E-state index in [1.54, 1.807) is 0 Å². The zero-order valence-corrected chi connectivity index (χ0v) is 9.73. The summed E-state index contributed by atoms with van der Waals surface area (Å²) in [4.78, 5) is 19.3. The molecule has 5 heteroatoms. The number of anilines is 1. The largest absolute Gasteiger partial charge is 0.369 e. The maximum absolute atomic E-state index is 11.6. The second kappa shape index (κ2) is 3.06. The van der Waals surface area contributed by atoms with E-state index < -0.39 is 0 Å². The van der Waals surface area contributed by atoms with Gasteiger partial charge in [0.05, 0.1) is 5.52 Å². The Morgan fingerprint density at radius 1 is 1.47 bits per heavy atom. The summed E-state index contributed by atoms with van der Waals surface area (Å²) >= 11 is 1.48. The lowest BCUT2D eigenvalue weighted by atomic mass is 9.95. The van der Waals surface area contributed by atoms with Crippen LogP contribution in [0.5, 0.6) is 0 Å². The summed E-state index contributed by atoms with van der Waals surface area (Å²) in [7, 11) is 0. The highest BCUT2D eigenvalue weighted by molar-refractivity contribution is 7.19. The van der Waals surface area contributed by atoms with Crippen LogP contribution in [0.4, 0.5) is 5.95 Å². The highest BCUT2D eigenvalue weighted by Gasteiger charge is 2.18. The van der Waals surface area contributed by atoms with Crippen molar-refractivity contribution in [1.82, 2.24) is 9.97 Å². The van der Waals surface area contributed by atoms with Crippen molar-refractivity contribution in [1.29, 1.82) is 0 Å². The number of thiophene rings is 1. The van der Waals surface area contributed by atoms with Gasteiger partial charge in [0.15, 0.2) is 0 Å². The molecule has 0 radical (unpaired) electrons. The maximum Gasteiger partial charge on any atom is 0.270 e. The van der Waals surface area contributed by atoms with Crippen LogP contribution >= 0.6 is 11.3 Å². The average Bonchev–Trinajstić information content (AvgIpc) is 2.46. The molecule has 2 aromatic heterocycles. The maximum atomic E-state index is 11.6. The fraction of sp³-hybridized carbons (Fsp3) is 0.400. The van der Waals surface area contributed by atoms with Crippen molar-refractivity contribution in [3.63, 3.8) is 0 Å². The Bertz CT molecular complexity index is 562. The van der Waals surface area contributed by atoms with Crippen molar-refractivity contribution in [2.75, 3.05) is 5.73 Å². The van der Waals surface area contributed by atoms with E-state index in [4.69, 9.17) is 5.73 Å². The Morgan fingerprint density at radius 3 is 2.73 bits per heavy atom. The third-order valence-corrected chi connectivity index (χ3v) is 3.69. The van der Waals surface area contributed by atoms with Gasteiger partial charge in [0.1, 0.15) is 4.70 Å². The van der Waals surface area contributed by atoms with Crippen molar-refractivity contribution in [2.45, 2.75) is 26.2 Å². The number of nitrogen functional groups attached to an aromatic ring is 1. The van der Waals surface area contributed by atoms with Gasteiger partial charge in [-0.1, -0.05) is 20.8 Å². The van der Waals surface area contributed by atoms with Crippen molar-refractivity contribution >= 4 is 27.5 Å². The number of nitrogens with two attached hydrogens (primary N) is 1. The molecule has 2 heterocycles. The van der Waals surface area contributed by atoms with E-state index in [2.05, 4.69) is 30.7 Å². The molecule has 0 aromatic carbocycles. The summed E-state index contributed by atoms with van der Waals surface area (Å²) in [5.74, 6) is 0.172. The first-order valence-electron chi connectivity index (χ1n) is 4.68. The molecule has 2 aromatic rings. The molecule has 80 valence electrons. The molecule has 0 saturated heterocycles. The number of rotatable bonds is 0. The van der Waals surface area contributed by atoms with E-state index in [0.717, 1.165) is 4.88 Å². The minimum absolute atomic E-state index is 0.0343. The quantitative estimate of drug-likeness (QED) is 0.716. The Kier molecular flexibility index (Phi) is 2.08. The van der Waals surface area contributed by atoms with Gasteiger partial charge < -0.3 is 5.73 Å². The van der Waals surface area contributed by atoms with Gasteiger partial charge in [0, 0.05) is 4.88 Å². The lowest BCUT2D eigenvalue weighted by molar-refractivity contribution is 0.604. The molecule has 0 aliphatic rings. The van der Waals surface area contributed by atoms with Crippen molar-refractivity contribution in [3.05, 3.63) is 21.3 Å². The highest BCUT2D eigenvalue weighted by Crippen LogP contribution is 2.31. The van der Waals surface area contributed by atoms with Crippen LogP contribution in [0.1, 0.15) is 25.6 Å². The van der Waals surface area contributed by atoms with Gasteiger partial charge in [-0.25, -0.2) is 4.98 Å². The second-order valence-electron chi connectivity index (χ2n) is 4.53. The third-order valence-electron chi connectivity index (χ3n) is 2.14.